The average Bonchev–Trinajstić information content (AvgIpc) is 2.88. The van der Waals surface area contributed by atoms with Gasteiger partial charge >= 0.3 is 12.1 Å². The highest BCUT2D eigenvalue weighted by molar-refractivity contribution is 5.98. The van der Waals surface area contributed by atoms with Gasteiger partial charge in [0.05, 0.1) is 0 Å². The molecule has 2 aromatic carbocycles. The molecular formula is C30H35N3O6. The summed E-state index contributed by atoms with van der Waals surface area (Å²) in [6.07, 6.45) is 1.97. The number of aliphatic carboxylic acids is 1. The molecule has 3 aromatic rings. The molecule has 39 heavy (non-hydrogen) atoms. The van der Waals surface area contributed by atoms with Gasteiger partial charge in [-0.05, 0) is 62.8 Å². The zero-order valence-electron chi connectivity index (χ0n) is 22.4. The molecule has 0 bridgehead atoms. The fourth-order valence-corrected chi connectivity index (χ4v) is 4.28. The van der Waals surface area contributed by atoms with Gasteiger partial charge in [0.15, 0.2) is 0 Å². The van der Waals surface area contributed by atoms with E-state index in [-0.39, 0.29) is 12.0 Å². The number of benzene rings is 2. The summed E-state index contributed by atoms with van der Waals surface area (Å²) in [5.41, 5.74) is 0.892. The molecule has 9 heteroatoms. The van der Waals surface area contributed by atoms with Crippen LogP contribution in [-0.2, 0) is 9.53 Å². The molecule has 0 aliphatic carbocycles. The Morgan fingerprint density at radius 3 is 2.05 bits per heavy atom. The van der Waals surface area contributed by atoms with Gasteiger partial charge in [0.25, 0.3) is 11.5 Å². The number of H-pyrrole nitrogens is 1. The van der Waals surface area contributed by atoms with Crippen LogP contribution in [-0.4, -0.2) is 46.2 Å². The van der Waals surface area contributed by atoms with Crippen molar-refractivity contribution < 1.29 is 24.2 Å². The number of nitrogens with one attached hydrogen (secondary N) is 3. The van der Waals surface area contributed by atoms with Crippen molar-refractivity contribution >= 4 is 18.0 Å². The van der Waals surface area contributed by atoms with Crippen LogP contribution in [0.4, 0.5) is 4.79 Å². The Morgan fingerprint density at radius 1 is 0.923 bits per heavy atom. The number of amides is 2. The van der Waals surface area contributed by atoms with E-state index in [1.165, 1.54) is 6.20 Å². The minimum Gasteiger partial charge on any atom is -0.480 e. The number of ether oxygens (including phenoxy) is 1. The van der Waals surface area contributed by atoms with Crippen molar-refractivity contribution in [1.29, 1.82) is 0 Å². The van der Waals surface area contributed by atoms with E-state index in [1.54, 1.807) is 26.8 Å². The second kappa shape index (κ2) is 13.4. The zero-order valence-corrected chi connectivity index (χ0v) is 22.4. The van der Waals surface area contributed by atoms with Crippen molar-refractivity contribution in [3.05, 3.63) is 106 Å². The Balaban J connectivity index is 1.77. The Morgan fingerprint density at radius 2 is 1.51 bits per heavy atom. The standard InChI is InChI=1S/C30H35N3O6/c1-30(2,3)39-29(38)32-18-11-10-16-23(28(36)37)33-27(35)25-22(17-19-31-26(25)34)24(20-12-6-4-7-13-20)21-14-8-5-9-15-21/h4-9,12-15,17,19,23-24H,10-11,16,18H2,1-3H3,(H,31,34)(H,32,38)(H,33,35)(H,36,37)/t23-/m0/s1. The number of hydrogen-bond donors (Lipinski definition) is 4. The Bertz CT molecular complexity index is 1280. The van der Waals surface area contributed by atoms with Crippen LogP contribution in [0.25, 0.3) is 0 Å². The van der Waals surface area contributed by atoms with E-state index in [2.05, 4.69) is 15.6 Å². The third-order valence-electron chi connectivity index (χ3n) is 5.99. The summed E-state index contributed by atoms with van der Waals surface area (Å²) in [5, 5.41) is 14.9. The van der Waals surface area contributed by atoms with Gasteiger partial charge < -0.3 is 25.5 Å². The smallest absolute Gasteiger partial charge is 0.407 e. The van der Waals surface area contributed by atoms with Gasteiger partial charge in [-0.1, -0.05) is 60.7 Å². The highest BCUT2D eigenvalue weighted by Crippen LogP contribution is 2.32. The quantitative estimate of drug-likeness (QED) is 0.269. The number of carboxylic acid groups (broad SMARTS) is 1. The molecule has 1 aromatic heterocycles. The van der Waals surface area contributed by atoms with E-state index in [9.17, 15) is 24.3 Å². The number of unbranched alkanes of at least 4 members (excludes halogenated alkanes) is 1. The van der Waals surface area contributed by atoms with E-state index in [0.717, 1.165) is 11.1 Å². The van der Waals surface area contributed by atoms with Gasteiger partial charge in [0.2, 0.25) is 0 Å². The molecule has 0 saturated carbocycles. The Hall–Kier alpha value is -4.40. The van der Waals surface area contributed by atoms with E-state index < -0.39 is 41.1 Å². The van der Waals surface area contributed by atoms with Crippen molar-refractivity contribution in [2.75, 3.05) is 6.54 Å². The summed E-state index contributed by atoms with van der Waals surface area (Å²) < 4.78 is 5.18. The van der Waals surface area contributed by atoms with Crippen LogP contribution in [0.2, 0.25) is 0 Å². The third kappa shape index (κ3) is 8.56. The highest BCUT2D eigenvalue weighted by Gasteiger charge is 2.28. The maximum atomic E-state index is 13.4. The number of carbonyl (C=O) groups excluding carboxylic acids is 2. The predicted molar refractivity (Wildman–Crippen MR) is 148 cm³/mol. The van der Waals surface area contributed by atoms with Crippen molar-refractivity contribution in [2.45, 2.75) is 57.6 Å². The Labute approximate surface area is 227 Å². The maximum Gasteiger partial charge on any atom is 0.407 e. The van der Waals surface area contributed by atoms with E-state index >= 15 is 0 Å². The third-order valence-corrected chi connectivity index (χ3v) is 5.99. The molecule has 1 atom stereocenters. The number of alkyl carbamates (subject to hydrolysis) is 1. The molecule has 0 saturated heterocycles. The van der Waals surface area contributed by atoms with Crippen LogP contribution in [0.3, 0.4) is 0 Å². The second-order valence-electron chi connectivity index (χ2n) is 10.2. The highest BCUT2D eigenvalue weighted by atomic mass is 16.6. The molecular weight excluding hydrogens is 498 g/mol. The van der Waals surface area contributed by atoms with Crippen LogP contribution in [0, 0.1) is 0 Å². The molecule has 9 nitrogen and oxygen atoms in total. The van der Waals surface area contributed by atoms with Gasteiger partial charge in [-0.3, -0.25) is 9.59 Å². The summed E-state index contributed by atoms with van der Waals surface area (Å²) in [6, 6.07) is 19.5. The summed E-state index contributed by atoms with van der Waals surface area (Å²) in [6.45, 7) is 5.58. The van der Waals surface area contributed by atoms with Crippen LogP contribution >= 0.6 is 0 Å². The Kier molecular flexibility index (Phi) is 10.0. The summed E-state index contributed by atoms with van der Waals surface area (Å²) in [4.78, 5) is 52.6. The minimum absolute atomic E-state index is 0.123. The zero-order chi connectivity index (χ0) is 28.4. The minimum atomic E-state index is -1.21. The number of hydrogen-bond acceptors (Lipinski definition) is 5. The average molecular weight is 534 g/mol. The molecule has 0 aliphatic heterocycles. The number of aromatic amines is 1. The van der Waals surface area contributed by atoms with Gasteiger partial charge in [-0.15, -0.1) is 0 Å². The van der Waals surface area contributed by atoms with E-state index in [1.807, 2.05) is 60.7 Å². The topological polar surface area (TPSA) is 138 Å². The normalized spacial score (nSPS) is 12.0. The van der Waals surface area contributed by atoms with Crippen LogP contribution in [0.1, 0.15) is 73.0 Å². The van der Waals surface area contributed by atoms with Gasteiger partial charge in [0, 0.05) is 18.7 Å². The van der Waals surface area contributed by atoms with E-state index in [0.29, 0.717) is 24.9 Å². The van der Waals surface area contributed by atoms with Crippen LogP contribution < -0.4 is 16.2 Å². The first kappa shape index (κ1) is 29.2. The molecule has 0 spiro atoms. The van der Waals surface area contributed by atoms with Crippen LogP contribution in [0.5, 0.6) is 0 Å². The maximum absolute atomic E-state index is 13.4. The first-order valence-electron chi connectivity index (χ1n) is 12.9. The molecule has 1 heterocycles. The molecule has 0 aliphatic rings. The van der Waals surface area contributed by atoms with Crippen LogP contribution in [0.15, 0.2) is 77.7 Å². The summed E-state index contributed by atoms with van der Waals surface area (Å²) >= 11 is 0. The molecule has 0 unspecified atom stereocenters. The largest absolute Gasteiger partial charge is 0.480 e. The van der Waals surface area contributed by atoms with Gasteiger partial charge in [-0.25, -0.2) is 9.59 Å². The van der Waals surface area contributed by atoms with Crippen molar-refractivity contribution in [1.82, 2.24) is 15.6 Å². The molecule has 4 N–H and O–H groups in total. The summed E-state index contributed by atoms with van der Waals surface area (Å²) in [5.74, 6) is -2.39. The van der Waals surface area contributed by atoms with Crippen molar-refractivity contribution in [3.63, 3.8) is 0 Å². The van der Waals surface area contributed by atoms with Gasteiger partial charge in [0.1, 0.15) is 17.2 Å². The molecule has 3 rings (SSSR count). The summed E-state index contributed by atoms with van der Waals surface area (Å²) in [7, 11) is 0. The SMILES string of the molecule is CC(C)(C)OC(=O)NCCCC[C@H](NC(=O)c1c(C(c2ccccc2)c2ccccc2)cc[nH]c1=O)C(=O)O. The first-order valence-corrected chi connectivity index (χ1v) is 12.9. The molecule has 0 radical (unpaired) electrons. The molecule has 2 amide bonds. The lowest BCUT2D eigenvalue weighted by Crippen LogP contribution is -2.43. The first-order chi connectivity index (χ1) is 18.6. The van der Waals surface area contributed by atoms with Crippen molar-refractivity contribution in [3.8, 4) is 0 Å². The fourth-order valence-electron chi connectivity index (χ4n) is 4.28. The molecule has 0 fully saturated rings. The number of carboxylic acids is 1. The lowest BCUT2D eigenvalue weighted by atomic mass is 9.83. The van der Waals surface area contributed by atoms with E-state index in [4.69, 9.17) is 4.74 Å². The molecule has 206 valence electrons. The number of carbonyl (C=O) groups is 3. The monoisotopic (exact) mass is 533 g/mol. The lowest BCUT2D eigenvalue weighted by Gasteiger charge is -2.22. The fraction of sp³-hybridized carbons (Fsp3) is 0.333. The van der Waals surface area contributed by atoms with Gasteiger partial charge in [-0.2, -0.15) is 0 Å². The van der Waals surface area contributed by atoms with Crippen molar-refractivity contribution in [2.24, 2.45) is 0 Å². The number of pyridine rings is 1. The number of rotatable bonds is 11. The lowest BCUT2D eigenvalue weighted by molar-refractivity contribution is -0.139. The predicted octanol–water partition coefficient (Wildman–Crippen LogP) is 4.43. The number of aromatic nitrogens is 1. The second-order valence-corrected chi connectivity index (χ2v) is 10.2.